The number of rotatable bonds is 13. The van der Waals surface area contributed by atoms with Crippen molar-refractivity contribution >= 4 is 28.6 Å². The van der Waals surface area contributed by atoms with Gasteiger partial charge in [-0.2, -0.15) is 11.8 Å². The van der Waals surface area contributed by atoms with Crippen LogP contribution in [0.1, 0.15) is 75.1 Å². The lowest BCUT2D eigenvalue weighted by Gasteiger charge is -2.41. The number of ether oxygens (including phenoxy) is 2. The number of alkyl halides is 1. The Kier molecular flexibility index (Phi) is 10.8. The lowest BCUT2D eigenvalue weighted by molar-refractivity contribution is -0.141. The summed E-state index contributed by atoms with van der Waals surface area (Å²) in [5, 5.41) is 11.4. The molecule has 9 heteroatoms. The van der Waals surface area contributed by atoms with Crippen molar-refractivity contribution in [1.82, 2.24) is 14.8 Å². The molecule has 1 aliphatic carbocycles. The van der Waals surface area contributed by atoms with Crippen molar-refractivity contribution in [3.8, 4) is 5.75 Å². The molecule has 226 valence electrons. The van der Waals surface area contributed by atoms with Crippen molar-refractivity contribution in [3.05, 3.63) is 35.5 Å². The van der Waals surface area contributed by atoms with Crippen LogP contribution in [-0.4, -0.2) is 89.9 Å². The van der Waals surface area contributed by atoms with Crippen molar-refractivity contribution in [1.29, 1.82) is 0 Å². The van der Waals surface area contributed by atoms with Gasteiger partial charge in [0.25, 0.3) is 0 Å². The van der Waals surface area contributed by atoms with Crippen LogP contribution in [0.3, 0.4) is 0 Å². The zero-order valence-electron chi connectivity index (χ0n) is 24.5. The number of pyridine rings is 1. The first-order chi connectivity index (χ1) is 19.9. The Bertz CT molecular complexity index is 1150. The summed E-state index contributed by atoms with van der Waals surface area (Å²) in [7, 11) is 1.62. The number of aliphatic carboxylic acids is 1. The van der Waals surface area contributed by atoms with Gasteiger partial charge in [-0.3, -0.25) is 14.7 Å². The van der Waals surface area contributed by atoms with Gasteiger partial charge < -0.3 is 19.5 Å². The van der Waals surface area contributed by atoms with Crippen molar-refractivity contribution in [2.75, 3.05) is 58.8 Å². The van der Waals surface area contributed by atoms with E-state index in [-0.39, 0.29) is 11.8 Å². The molecule has 1 aromatic heterocycles. The quantitative estimate of drug-likeness (QED) is 0.301. The zero-order chi connectivity index (χ0) is 28.7. The standard InChI is InChI=1S/C32H46FN3O4S/c1-39-25-6-7-29-27(20-25)31(24(22-34-29)23-36-14-17-40-18-15-36)28(33)8-9-32(21-30(37)38)10-12-35(13-11-32)16-19-41-26-4-2-3-5-26/h6-7,20,22,26,28H,2-5,8-19,21,23H2,1H3,(H,37,38)/t28-/m1/s1. The lowest BCUT2D eigenvalue weighted by Crippen LogP contribution is -2.42. The summed E-state index contributed by atoms with van der Waals surface area (Å²) in [5.74, 6) is 1.04. The highest BCUT2D eigenvalue weighted by Gasteiger charge is 2.37. The minimum atomic E-state index is -1.21. The van der Waals surface area contributed by atoms with Crippen LogP contribution in [0.15, 0.2) is 24.4 Å². The van der Waals surface area contributed by atoms with E-state index in [0.717, 1.165) is 73.0 Å². The molecule has 1 saturated carbocycles. The van der Waals surface area contributed by atoms with Gasteiger partial charge in [-0.1, -0.05) is 12.8 Å². The second kappa shape index (κ2) is 14.5. The van der Waals surface area contributed by atoms with E-state index < -0.39 is 12.1 Å². The van der Waals surface area contributed by atoms with E-state index in [1.807, 2.05) is 24.4 Å². The second-order valence-electron chi connectivity index (χ2n) is 12.2. The van der Waals surface area contributed by atoms with Crippen LogP contribution in [0.4, 0.5) is 4.39 Å². The van der Waals surface area contributed by atoms with Crippen LogP contribution in [0.25, 0.3) is 10.9 Å². The van der Waals surface area contributed by atoms with Crippen LogP contribution in [0.2, 0.25) is 0 Å². The third kappa shape index (κ3) is 8.12. The Labute approximate surface area is 248 Å². The molecule has 1 aromatic carbocycles. The van der Waals surface area contributed by atoms with E-state index in [2.05, 4.69) is 26.5 Å². The van der Waals surface area contributed by atoms with Crippen LogP contribution < -0.4 is 4.74 Å². The van der Waals surface area contributed by atoms with Crippen LogP contribution in [-0.2, 0) is 16.1 Å². The SMILES string of the molecule is COc1ccc2ncc(CN3CCOCC3)c([C@H](F)CCC3(CC(=O)O)CCN(CCSC4CCCC4)CC3)c2c1. The van der Waals surface area contributed by atoms with E-state index >= 15 is 4.39 Å². The number of carboxylic acid groups (broad SMARTS) is 1. The van der Waals surface area contributed by atoms with E-state index in [4.69, 9.17) is 9.47 Å². The van der Waals surface area contributed by atoms with Gasteiger partial charge in [0, 0.05) is 54.3 Å². The number of aromatic nitrogens is 1. The summed E-state index contributed by atoms with van der Waals surface area (Å²) in [4.78, 5) is 21.4. The number of methoxy groups -OCH3 is 1. The first-order valence-corrected chi connectivity index (χ1v) is 16.4. The second-order valence-corrected chi connectivity index (χ2v) is 13.6. The van der Waals surface area contributed by atoms with Crippen molar-refractivity contribution in [3.63, 3.8) is 0 Å². The van der Waals surface area contributed by atoms with E-state index in [1.165, 1.54) is 25.7 Å². The van der Waals surface area contributed by atoms with Crippen LogP contribution >= 0.6 is 11.8 Å². The fraction of sp³-hybridized carbons (Fsp3) is 0.688. The summed E-state index contributed by atoms with van der Waals surface area (Å²) in [6.07, 6.45) is 8.64. The number of nitrogens with zero attached hydrogens (tertiary/aromatic N) is 3. The van der Waals surface area contributed by atoms with Gasteiger partial charge in [-0.05, 0) is 80.8 Å². The van der Waals surface area contributed by atoms with Gasteiger partial charge in [0.1, 0.15) is 11.9 Å². The largest absolute Gasteiger partial charge is 0.497 e. The fourth-order valence-corrected chi connectivity index (χ4v) is 8.29. The Balaban J connectivity index is 1.28. The molecule has 1 N–H and O–H groups in total. The molecule has 1 atom stereocenters. The molecule has 7 nitrogen and oxygen atoms in total. The van der Waals surface area contributed by atoms with Gasteiger partial charge in [0.15, 0.2) is 0 Å². The Morgan fingerprint density at radius 3 is 2.66 bits per heavy atom. The van der Waals surface area contributed by atoms with Crippen molar-refractivity contribution < 1.29 is 23.8 Å². The minimum Gasteiger partial charge on any atom is -0.497 e. The molecule has 3 heterocycles. The number of halogens is 1. The molecule has 3 fully saturated rings. The molecule has 0 unspecified atom stereocenters. The van der Waals surface area contributed by atoms with E-state index in [1.54, 1.807) is 7.11 Å². The van der Waals surface area contributed by atoms with Crippen molar-refractivity contribution in [2.45, 2.75) is 75.8 Å². The predicted octanol–water partition coefficient (Wildman–Crippen LogP) is 6.10. The first-order valence-electron chi connectivity index (χ1n) is 15.4. The minimum absolute atomic E-state index is 0.107. The molecular weight excluding hydrogens is 541 g/mol. The smallest absolute Gasteiger partial charge is 0.303 e. The number of hydrogen-bond acceptors (Lipinski definition) is 7. The molecule has 2 aromatic rings. The number of carbonyl (C=O) groups is 1. The maximum absolute atomic E-state index is 16.5. The Morgan fingerprint density at radius 2 is 1.95 bits per heavy atom. The monoisotopic (exact) mass is 587 g/mol. The number of fused-ring (bicyclic) bond motifs is 1. The highest BCUT2D eigenvalue weighted by atomic mass is 32.2. The van der Waals surface area contributed by atoms with Crippen LogP contribution in [0.5, 0.6) is 5.75 Å². The van der Waals surface area contributed by atoms with Crippen molar-refractivity contribution in [2.24, 2.45) is 5.41 Å². The number of thioether (sulfide) groups is 1. The fourth-order valence-electron chi connectivity index (χ4n) is 6.92. The van der Waals surface area contributed by atoms with Gasteiger partial charge in [-0.15, -0.1) is 0 Å². The number of piperidine rings is 1. The molecule has 0 amide bonds. The average Bonchev–Trinajstić information content (AvgIpc) is 3.50. The lowest BCUT2D eigenvalue weighted by atomic mass is 9.71. The molecule has 5 rings (SSSR count). The molecule has 0 radical (unpaired) electrons. The summed E-state index contributed by atoms with van der Waals surface area (Å²) < 4.78 is 27.5. The van der Waals surface area contributed by atoms with Gasteiger partial charge in [-0.25, -0.2) is 4.39 Å². The molecule has 0 spiro atoms. The first kappa shape index (κ1) is 30.5. The normalized spacial score (nSPS) is 21.3. The highest BCUT2D eigenvalue weighted by Crippen LogP contribution is 2.44. The number of benzene rings is 1. The van der Waals surface area contributed by atoms with Crippen LogP contribution in [0, 0.1) is 5.41 Å². The molecule has 3 aliphatic rings. The number of hydrogen-bond donors (Lipinski definition) is 1. The van der Waals surface area contributed by atoms with Gasteiger partial charge in [0.05, 0.1) is 32.3 Å². The number of likely N-dealkylation sites (tertiary alicyclic amines) is 1. The summed E-state index contributed by atoms with van der Waals surface area (Å²) in [6, 6.07) is 5.63. The molecule has 41 heavy (non-hydrogen) atoms. The summed E-state index contributed by atoms with van der Waals surface area (Å²) in [6.45, 7) is 6.45. The molecule has 0 bridgehead atoms. The Morgan fingerprint density at radius 1 is 1.20 bits per heavy atom. The number of carboxylic acids is 1. The third-order valence-corrected chi connectivity index (χ3v) is 10.8. The average molecular weight is 588 g/mol. The molecule has 2 saturated heterocycles. The highest BCUT2D eigenvalue weighted by molar-refractivity contribution is 7.99. The maximum Gasteiger partial charge on any atom is 0.303 e. The third-order valence-electron chi connectivity index (χ3n) is 9.44. The zero-order valence-corrected chi connectivity index (χ0v) is 25.3. The number of morpholine rings is 1. The Hall–Kier alpha value is -1.94. The topological polar surface area (TPSA) is 75.1 Å². The predicted molar refractivity (Wildman–Crippen MR) is 163 cm³/mol. The van der Waals surface area contributed by atoms with E-state index in [9.17, 15) is 9.90 Å². The summed E-state index contributed by atoms with van der Waals surface area (Å²) in [5.41, 5.74) is 1.95. The summed E-state index contributed by atoms with van der Waals surface area (Å²) >= 11 is 2.11. The van der Waals surface area contributed by atoms with Gasteiger partial charge in [0.2, 0.25) is 0 Å². The molecule has 2 aliphatic heterocycles. The molecular formula is C32H46FN3O4S. The van der Waals surface area contributed by atoms with Gasteiger partial charge >= 0.3 is 5.97 Å². The maximum atomic E-state index is 16.5. The van der Waals surface area contributed by atoms with E-state index in [0.29, 0.717) is 43.9 Å².